The Morgan fingerprint density at radius 3 is 2.09 bits per heavy atom. The maximum absolute atomic E-state index is 12.2. The molecule has 1 unspecified atom stereocenters. The highest BCUT2D eigenvalue weighted by atomic mass is 16.5. The van der Waals surface area contributed by atoms with E-state index in [1.807, 2.05) is 12.1 Å². The molecule has 0 saturated heterocycles. The van der Waals surface area contributed by atoms with Crippen LogP contribution in [-0.4, -0.2) is 38.2 Å². The first-order chi connectivity index (χ1) is 20.6. The molecule has 2 aromatic heterocycles. The summed E-state index contributed by atoms with van der Waals surface area (Å²) in [5.41, 5.74) is 15.5. The van der Waals surface area contributed by atoms with Crippen molar-refractivity contribution in [2.75, 3.05) is 11.5 Å². The number of pyridine rings is 2. The number of benzene rings is 2. The number of carboxylic acid groups (broad SMARTS) is 2. The summed E-state index contributed by atoms with van der Waals surface area (Å²) in [5, 5.41) is 20.7. The van der Waals surface area contributed by atoms with Crippen LogP contribution in [0.3, 0.4) is 0 Å². The zero-order chi connectivity index (χ0) is 31.0. The molecule has 4 aromatic rings. The largest absolute Gasteiger partial charge is 0.490 e. The van der Waals surface area contributed by atoms with Crippen molar-refractivity contribution in [3.05, 3.63) is 58.4 Å². The molecule has 1 aliphatic carbocycles. The number of nitrogen functional groups attached to an aromatic ring is 2. The molecule has 1 fully saturated rings. The predicted octanol–water partition coefficient (Wildman–Crippen LogP) is 6.84. The zero-order valence-electron chi connectivity index (χ0n) is 24.9. The number of nitrogens with two attached hydrogens (primary N) is 2. The van der Waals surface area contributed by atoms with Gasteiger partial charge in [0, 0.05) is 5.56 Å². The Balaban J connectivity index is 1.75. The van der Waals surface area contributed by atoms with Crippen molar-refractivity contribution in [3.63, 3.8) is 0 Å². The zero-order valence-corrected chi connectivity index (χ0v) is 24.9. The fourth-order valence-electron chi connectivity index (χ4n) is 6.37. The predicted molar refractivity (Wildman–Crippen MR) is 166 cm³/mol. The topological polar surface area (TPSA) is 171 Å². The first-order valence-corrected chi connectivity index (χ1v) is 14.8. The molecule has 43 heavy (non-hydrogen) atoms. The van der Waals surface area contributed by atoms with E-state index in [4.69, 9.17) is 25.9 Å². The third-order valence-corrected chi connectivity index (χ3v) is 8.60. The molecule has 0 aliphatic heterocycles. The van der Waals surface area contributed by atoms with Crippen LogP contribution in [0.25, 0.3) is 21.8 Å². The molecule has 1 saturated carbocycles. The van der Waals surface area contributed by atoms with Gasteiger partial charge in [0.05, 0.1) is 50.7 Å². The van der Waals surface area contributed by atoms with Gasteiger partial charge < -0.3 is 31.2 Å². The van der Waals surface area contributed by atoms with E-state index >= 15 is 0 Å². The highest BCUT2D eigenvalue weighted by Gasteiger charge is 2.31. The molecule has 1 atom stereocenters. The number of hydrogen-bond acceptors (Lipinski definition) is 8. The molecule has 2 heterocycles. The Hall–Kier alpha value is -4.60. The quantitative estimate of drug-likeness (QED) is 0.154. The SMILES string of the molecule is CCC(CC)C(Oc1cccc2nc(C)c(C(=O)O)c(N)c12)c1ccc(OC2CCCC2)c2c(N)c(C(=O)O)c(C)nc12. The molecule has 6 N–H and O–H groups in total. The van der Waals surface area contributed by atoms with Crippen LogP contribution in [0.2, 0.25) is 0 Å². The number of fused-ring (bicyclic) bond motifs is 2. The van der Waals surface area contributed by atoms with Crippen molar-refractivity contribution in [3.8, 4) is 11.5 Å². The lowest BCUT2D eigenvalue weighted by atomic mass is 9.88. The molecule has 1 aliphatic rings. The number of rotatable bonds is 10. The summed E-state index contributed by atoms with van der Waals surface area (Å²) in [7, 11) is 0. The molecule has 5 rings (SSSR count). The highest BCUT2D eigenvalue weighted by Crippen LogP contribution is 2.44. The number of aromatic carboxylic acids is 2. The second-order valence-electron chi connectivity index (χ2n) is 11.2. The van der Waals surface area contributed by atoms with Gasteiger partial charge in [-0.3, -0.25) is 9.97 Å². The molecule has 0 spiro atoms. The van der Waals surface area contributed by atoms with E-state index in [2.05, 4.69) is 18.8 Å². The molecule has 0 bridgehead atoms. The average Bonchev–Trinajstić information content (AvgIpc) is 3.45. The molecule has 2 aromatic carbocycles. The maximum Gasteiger partial charge on any atom is 0.339 e. The lowest BCUT2D eigenvalue weighted by Crippen LogP contribution is -2.20. The van der Waals surface area contributed by atoms with Crippen LogP contribution in [0.15, 0.2) is 30.3 Å². The summed E-state index contributed by atoms with van der Waals surface area (Å²) < 4.78 is 13.2. The van der Waals surface area contributed by atoms with Crippen molar-refractivity contribution >= 4 is 45.1 Å². The summed E-state index contributed by atoms with van der Waals surface area (Å²) in [5.74, 6) is -1.41. The van der Waals surface area contributed by atoms with E-state index in [-0.39, 0.29) is 34.5 Å². The normalized spacial score (nSPS) is 14.4. The number of carbonyl (C=O) groups is 2. The molecular formula is C33H38N4O6. The smallest absolute Gasteiger partial charge is 0.339 e. The Bertz CT molecular complexity index is 1730. The minimum absolute atomic E-state index is 0.0149. The minimum Gasteiger partial charge on any atom is -0.490 e. The van der Waals surface area contributed by atoms with Crippen molar-refractivity contribution in [2.45, 2.75) is 78.4 Å². The van der Waals surface area contributed by atoms with Gasteiger partial charge in [-0.2, -0.15) is 0 Å². The summed E-state index contributed by atoms with van der Waals surface area (Å²) in [6.07, 6.45) is 4.98. The lowest BCUT2D eigenvalue weighted by Gasteiger charge is -2.29. The number of anilines is 2. The van der Waals surface area contributed by atoms with E-state index in [0.717, 1.165) is 44.1 Å². The van der Waals surface area contributed by atoms with E-state index in [1.54, 1.807) is 32.0 Å². The summed E-state index contributed by atoms with van der Waals surface area (Å²) in [6.45, 7) is 7.40. The van der Waals surface area contributed by atoms with E-state index in [0.29, 0.717) is 44.7 Å². The molecule has 0 radical (unpaired) electrons. The summed E-state index contributed by atoms with van der Waals surface area (Å²) in [6, 6.07) is 9.07. The third-order valence-electron chi connectivity index (χ3n) is 8.60. The molecular weight excluding hydrogens is 548 g/mol. The van der Waals surface area contributed by atoms with Crippen LogP contribution < -0.4 is 20.9 Å². The van der Waals surface area contributed by atoms with Gasteiger partial charge in [-0.25, -0.2) is 9.59 Å². The van der Waals surface area contributed by atoms with Crippen LogP contribution in [0.5, 0.6) is 11.5 Å². The van der Waals surface area contributed by atoms with Gasteiger partial charge >= 0.3 is 11.9 Å². The van der Waals surface area contributed by atoms with E-state index < -0.39 is 18.0 Å². The fourth-order valence-corrected chi connectivity index (χ4v) is 6.37. The number of ether oxygens (including phenoxy) is 2. The molecule has 10 nitrogen and oxygen atoms in total. The van der Waals surface area contributed by atoms with Crippen molar-refractivity contribution in [1.29, 1.82) is 0 Å². The Labute approximate surface area is 250 Å². The van der Waals surface area contributed by atoms with Crippen molar-refractivity contribution in [1.82, 2.24) is 9.97 Å². The van der Waals surface area contributed by atoms with Crippen LogP contribution in [0.4, 0.5) is 11.4 Å². The van der Waals surface area contributed by atoms with Gasteiger partial charge in [-0.05, 0) is 82.6 Å². The van der Waals surface area contributed by atoms with Crippen molar-refractivity contribution in [2.24, 2.45) is 5.92 Å². The highest BCUT2D eigenvalue weighted by molar-refractivity contribution is 6.08. The van der Waals surface area contributed by atoms with E-state index in [9.17, 15) is 19.8 Å². The van der Waals surface area contributed by atoms with Gasteiger partial charge in [0.25, 0.3) is 0 Å². The van der Waals surface area contributed by atoms with E-state index in [1.165, 1.54) is 0 Å². The number of aryl methyl sites for hydroxylation is 2. The Morgan fingerprint density at radius 1 is 0.884 bits per heavy atom. The maximum atomic E-state index is 12.2. The second-order valence-corrected chi connectivity index (χ2v) is 11.2. The number of carboxylic acids is 2. The molecule has 226 valence electrons. The van der Waals surface area contributed by atoms with Crippen LogP contribution >= 0.6 is 0 Å². The molecule has 10 heteroatoms. The Morgan fingerprint density at radius 2 is 1.49 bits per heavy atom. The van der Waals surface area contributed by atoms with Crippen LogP contribution in [0.1, 0.15) is 96.1 Å². The number of aromatic nitrogens is 2. The van der Waals surface area contributed by atoms with Gasteiger partial charge in [0.15, 0.2) is 0 Å². The molecule has 0 amide bonds. The fraction of sp³-hybridized carbons (Fsp3) is 0.394. The summed E-state index contributed by atoms with van der Waals surface area (Å²) >= 11 is 0. The monoisotopic (exact) mass is 586 g/mol. The van der Waals surface area contributed by atoms with Gasteiger partial charge in [0.1, 0.15) is 28.7 Å². The van der Waals surface area contributed by atoms with Crippen molar-refractivity contribution < 1.29 is 29.3 Å². The number of hydrogen-bond donors (Lipinski definition) is 4. The van der Waals surface area contributed by atoms with Gasteiger partial charge in [-0.15, -0.1) is 0 Å². The standard InChI is InChI=1S/C33H38N4O6/c1-5-18(6-2)31(43-22-13-9-12-21-26(22)28(34)24(32(38)39)16(3)36-21)20-14-15-23(42-19-10-7-8-11-19)27-29(35)25(33(40)41)17(4)37-30(20)27/h9,12-15,18-19,31H,5-8,10-11H2,1-4H3,(H2,34,36)(H2,35,37)(H,38,39)(H,40,41). The second kappa shape index (κ2) is 11.9. The first-order valence-electron chi connectivity index (χ1n) is 14.8. The van der Waals surface area contributed by atoms with Crippen LogP contribution in [-0.2, 0) is 0 Å². The lowest BCUT2D eigenvalue weighted by molar-refractivity contribution is 0.0686. The third kappa shape index (κ3) is 5.37. The Kier molecular flexibility index (Phi) is 8.30. The minimum atomic E-state index is -1.16. The van der Waals surface area contributed by atoms with Gasteiger partial charge in [-0.1, -0.05) is 19.9 Å². The number of nitrogens with zero attached hydrogens (tertiary/aromatic N) is 2. The first kappa shape index (κ1) is 29.9. The van der Waals surface area contributed by atoms with Crippen LogP contribution in [0, 0.1) is 19.8 Å². The summed E-state index contributed by atoms with van der Waals surface area (Å²) in [4.78, 5) is 33.6. The average molecular weight is 587 g/mol. The van der Waals surface area contributed by atoms with Gasteiger partial charge in [0.2, 0.25) is 0 Å².